The van der Waals surface area contributed by atoms with Gasteiger partial charge < -0.3 is 19.9 Å². The van der Waals surface area contributed by atoms with Crippen molar-refractivity contribution >= 4 is 27.5 Å². The fourth-order valence-corrected chi connectivity index (χ4v) is 6.67. The Morgan fingerprint density at radius 3 is 2.67 bits per heavy atom. The molecule has 9 nitrogen and oxygen atoms in total. The Hall–Kier alpha value is -3.53. The minimum atomic E-state index is -1.11. The molecule has 1 atom stereocenters. The molecule has 1 unspecified atom stereocenters. The molecule has 2 aromatic heterocycles. The van der Waals surface area contributed by atoms with Crippen LogP contribution in [0.4, 0.5) is 0 Å². The van der Waals surface area contributed by atoms with Crippen LogP contribution in [0.5, 0.6) is 5.75 Å². The van der Waals surface area contributed by atoms with E-state index in [0.717, 1.165) is 39.2 Å². The first-order chi connectivity index (χ1) is 17.4. The number of carboxylic acids is 1. The van der Waals surface area contributed by atoms with Gasteiger partial charge in [-0.2, -0.15) is 0 Å². The number of aliphatic carboxylic acids is 1. The quantitative estimate of drug-likeness (QED) is 0.476. The van der Waals surface area contributed by atoms with Crippen LogP contribution < -0.4 is 21.3 Å². The second-order valence-corrected chi connectivity index (χ2v) is 10.5. The number of nitrogens with one attached hydrogen (secondary N) is 1. The lowest BCUT2D eigenvalue weighted by Crippen LogP contribution is -2.46. The summed E-state index contributed by atoms with van der Waals surface area (Å²) in [6.45, 7) is 2.03. The number of rotatable bonds is 8. The van der Waals surface area contributed by atoms with Gasteiger partial charge in [-0.15, -0.1) is 11.3 Å². The molecule has 0 amide bonds. The van der Waals surface area contributed by atoms with Gasteiger partial charge in [0.15, 0.2) is 0 Å². The molecule has 1 aliphatic carbocycles. The van der Waals surface area contributed by atoms with E-state index in [2.05, 4.69) is 5.32 Å². The maximum Gasteiger partial charge on any atom is 0.332 e. The SMILES string of the molecule is COc1ccccc1CCn1c(=O)n(CC2(C(=O)O)CCCC2)c(=O)c2c(C)c(C3NC=CO3)sc21. The summed E-state index contributed by atoms with van der Waals surface area (Å²) in [5, 5.41) is 13.6. The molecule has 5 rings (SSSR count). The second-order valence-electron chi connectivity index (χ2n) is 9.44. The van der Waals surface area contributed by atoms with Gasteiger partial charge in [0.05, 0.1) is 22.8 Å². The normalized spacial score (nSPS) is 18.3. The standard InChI is InChI=1S/C26H29N3O6S/c1-16-19-22(30)29(15-26(24(31)32)10-5-6-11-26)25(33)28(13-9-17-7-3-4-8-18(17)34-2)23(19)36-20(16)21-27-12-14-35-21/h3-4,7-8,12,14,21,27H,5-6,9-11,13,15H2,1-2H3,(H,31,32). The van der Waals surface area contributed by atoms with Crippen LogP contribution in [-0.2, 0) is 29.0 Å². The zero-order valence-electron chi connectivity index (χ0n) is 20.3. The molecule has 3 heterocycles. The van der Waals surface area contributed by atoms with Gasteiger partial charge >= 0.3 is 11.7 Å². The van der Waals surface area contributed by atoms with Gasteiger partial charge in [-0.1, -0.05) is 31.0 Å². The number of nitrogens with zero attached hydrogens (tertiary/aromatic N) is 2. The second kappa shape index (κ2) is 9.50. The molecule has 1 aliphatic heterocycles. The zero-order valence-corrected chi connectivity index (χ0v) is 21.1. The van der Waals surface area contributed by atoms with E-state index in [9.17, 15) is 19.5 Å². The number of hydrogen-bond acceptors (Lipinski definition) is 7. The molecule has 1 saturated carbocycles. The molecular weight excluding hydrogens is 482 g/mol. The number of carbonyl (C=O) groups is 1. The van der Waals surface area contributed by atoms with E-state index in [-0.39, 0.29) is 6.54 Å². The Labute approximate surface area is 211 Å². The van der Waals surface area contributed by atoms with E-state index in [1.165, 1.54) is 11.3 Å². The summed E-state index contributed by atoms with van der Waals surface area (Å²) in [6, 6.07) is 7.62. The lowest BCUT2D eigenvalue weighted by Gasteiger charge is -2.25. The summed E-state index contributed by atoms with van der Waals surface area (Å²) in [5.74, 6) is -0.229. The summed E-state index contributed by atoms with van der Waals surface area (Å²) >= 11 is 1.35. The largest absolute Gasteiger partial charge is 0.496 e. The van der Waals surface area contributed by atoms with Crippen molar-refractivity contribution in [2.75, 3.05) is 7.11 Å². The van der Waals surface area contributed by atoms with Gasteiger partial charge in [0.2, 0.25) is 6.23 Å². The van der Waals surface area contributed by atoms with Crippen LogP contribution in [0.2, 0.25) is 0 Å². The number of methoxy groups -OCH3 is 1. The predicted molar refractivity (Wildman–Crippen MR) is 136 cm³/mol. The highest BCUT2D eigenvalue weighted by Crippen LogP contribution is 2.40. The Morgan fingerprint density at radius 1 is 1.25 bits per heavy atom. The minimum Gasteiger partial charge on any atom is -0.496 e. The predicted octanol–water partition coefficient (Wildman–Crippen LogP) is 3.52. The van der Waals surface area contributed by atoms with Crippen LogP contribution in [0.3, 0.4) is 0 Å². The van der Waals surface area contributed by atoms with Crippen LogP contribution in [0.25, 0.3) is 10.2 Å². The van der Waals surface area contributed by atoms with Crippen molar-refractivity contribution in [1.29, 1.82) is 0 Å². The number of aromatic nitrogens is 2. The summed E-state index contributed by atoms with van der Waals surface area (Å²) in [7, 11) is 1.61. The third kappa shape index (κ3) is 3.99. The first kappa shape index (κ1) is 24.2. The first-order valence-electron chi connectivity index (χ1n) is 12.0. The van der Waals surface area contributed by atoms with Gasteiger partial charge in [-0.25, -0.2) is 4.79 Å². The molecule has 0 bridgehead atoms. The van der Waals surface area contributed by atoms with E-state index in [1.54, 1.807) is 24.1 Å². The molecule has 1 fully saturated rings. The fourth-order valence-electron chi connectivity index (χ4n) is 5.36. The van der Waals surface area contributed by atoms with Crippen LogP contribution >= 0.6 is 11.3 Å². The summed E-state index contributed by atoms with van der Waals surface area (Å²) in [6.07, 6.45) is 5.76. The average Bonchev–Trinajstić information content (AvgIpc) is 3.63. The molecule has 190 valence electrons. The van der Waals surface area contributed by atoms with Gasteiger partial charge in [0.1, 0.15) is 16.8 Å². The van der Waals surface area contributed by atoms with Crippen LogP contribution in [0.15, 0.2) is 46.3 Å². The van der Waals surface area contributed by atoms with Crippen molar-refractivity contribution in [2.45, 2.75) is 58.3 Å². The Morgan fingerprint density at radius 2 is 2.00 bits per heavy atom. The Bertz CT molecular complexity index is 1450. The third-order valence-electron chi connectivity index (χ3n) is 7.37. The summed E-state index contributed by atoms with van der Waals surface area (Å²) in [5.41, 5.74) is -0.363. The average molecular weight is 512 g/mol. The highest BCUT2D eigenvalue weighted by Gasteiger charge is 2.42. The number of aryl methyl sites for hydroxylation is 3. The van der Waals surface area contributed by atoms with Gasteiger partial charge in [0.25, 0.3) is 5.56 Å². The van der Waals surface area contributed by atoms with Gasteiger partial charge in [0, 0.05) is 19.3 Å². The summed E-state index contributed by atoms with van der Waals surface area (Å²) in [4.78, 5) is 41.2. The van der Waals surface area contributed by atoms with Crippen molar-refractivity contribution in [3.63, 3.8) is 0 Å². The lowest BCUT2D eigenvalue weighted by atomic mass is 9.86. The molecule has 0 radical (unpaired) electrons. The number of para-hydroxylation sites is 1. The van der Waals surface area contributed by atoms with Crippen LogP contribution in [-0.4, -0.2) is 27.3 Å². The third-order valence-corrected chi connectivity index (χ3v) is 8.73. The Kier molecular flexibility index (Phi) is 6.38. The van der Waals surface area contributed by atoms with Crippen molar-refractivity contribution < 1.29 is 19.4 Å². The smallest absolute Gasteiger partial charge is 0.332 e. The summed E-state index contributed by atoms with van der Waals surface area (Å²) < 4.78 is 13.9. The van der Waals surface area contributed by atoms with Gasteiger partial charge in [-0.05, 0) is 43.4 Å². The van der Waals surface area contributed by atoms with Crippen LogP contribution in [0, 0.1) is 12.3 Å². The topological polar surface area (TPSA) is 112 Å². The molecule has 3 aromatic rings. The van der Waals surface area contributed by atoms with Crippen LogP contribution in [0.1, 0.15) is 47.9 Å². The van der Waals surface area contributed by atoms with E-state index < -0.39 is 28.9 Å². The molecule has 1 aromatic carbocycles. The minimum absolute atomic E-state index is 0.130. The Balaban J connectivity index is 1.66. The highest BCUT2D eigenvalue weighted by atomic mass is 32.1. The number of benzene rings is 1. The molecule has 0 spiro atoms. The molecule has 0 saturated heterocycles. The van der Waals surface area contributed by atoms with Crippen molar-refractivity contribution in [3.05, 3.63) is 73.6 Å². The van der Waals surface area contributed by atoms with Crippen molar-refractivity contribution in [2.24, 2.45) is 5.41 Å². The molecule has 36 heavy (non-hydrogen) atoms. The first-order valence-corrected chi connectivity index (χ1v) is 12.9. The molecule has 2 N–H and O–H groups in total. The number of fused-ring (bicyclic) bond motifs is 1. The van der Waals surface area contributed by atoms with E-state index in [4.69, 9.17) is 9.47 Å². The highest BCUT2D eigenvalue weighted by molar-refractivity contribution is 7.19. The number of hydrogen-bond donors (Lipinski definition) is 2. The number of carboxylic acid groups (broad SMARTS) is 1. The number of ether oxygens (including phenoxy) is 2. The van der Waals surface area contributed by atoms with Gasteiger partial charge in [-0.3, -0.25) is 18.7 Å². The van der Waals surface area contributed by atoms with E-state index >= 15 is 0 Å². The number of thiophene rings is 1. The monoisotopic (exact) mass is 511 g/mol. The van der Waals surface area contributed by atoms with E-state index in [1.807, 2.05) is 31.2 Å². The molecule has 2 aliphatic rings. The van der Waals surface area contributed by atoms with E-state index in [0.29, 0.717) is 36.0 Å². The zero-order chi connectivity index (χ0) is 25.4. The van der Waals surface area contributed by atoms with Crippen molar-refractivity contribution in [1.82, 2.24) is 14.5 Å². The molecular formula is C26H29N3O6S. The molecule has 10 heteroatoms. The fraction of sp³-hybridized carbons (Fsp3) is 0.423. The maximum atomic E-state index is 13.8. The van der Waals surface area contributed by atoms with Crippen molar-refractivity contribution in [3.8, 4) is 5.75 Å². The maximum absolute atomic E-state index is 13.8. The lowest BCUT2D eigenvalue weighted by molar-refractivity contribution is -0.149.